The molecule has 3 nitrogen and oxygen atoms in total. The number of fused-ring (bicyclic) bond motifs is 1. The van der Waals surface area contributed by atoms with Crippen LogP contribution < -0.4 is 0 Å². The van der Waals surface area contributed by atoms with Crippen molar-refractivity contribution >= 4 is 24.2 Å². The van der Waals surface area contributed by atoms with Gasteiger partial charge in [0.15, 0.2) is 0 Å². The quantitative estimate of drug-likeness (QED) is 0.439. The predicted molar refractivity (Wildman–Crippen MR) is 143 cm³/mol. The van der Waals surface area contributed by atoms with E-state index in [0.717, 1.165) is 37.2 Å². The molecule has 0 N–H and O–H groups in total. The van der Waals surface area contributed by atoms with Crippen molar-refractivity contribution in [2.75, 3.05) is 13.1 Å². The van der Waals surface area contributed by atoms with E-state index in [1.807, 2.05) is 35.9 Å². The Balaban J connectivity index is 1.27. The van der Waals surface area contributed by atoms with Crippen LogP contribution in [0.3, 0.4) is 0 Å². The largest absolute Gasteiger partial charge is 0.0575 e. The van der Waals surface area contributed by atoms with Crippen molar-refractivity contribution in [3.05, 3.63) is 69.3 Å². The van der Waals surface area contributed by atoms with Gasteiger partial charge >= 0.3 is 123 Å². The molecular formula is C29H35BN2OS. The van der Waals surface area contributed by atoms with Gasteiger partial charge in [0, 0.05) is 5.56 Å². The van der Waals surface area contributed by atoms with E-state index >= 15 is 0 Å². The number of likely N-dealkylation sites (tertiary alicyclic amines) is 1. The molecule has 1 aliphatic carbocycles. The van der Waals surface area contributed by atoms with Crippen molar-refractivity contribution in [1.82, 2.24) is 9.88 Å². The molecule has 0 spiro atoms. The number of piperidine rings is 1. The van der Waals surface area contributed by atoms with E-state index in [2.05, 4.69) is 51.3 Å². The number of carbonyl (C=O) groups is 1. The third-order valence-corrected chi connectivity index (χ3v) is 9.07. The van der Waals surface area contributed by atoms with Gasteiger partial charge in [0.05, 0.1) is 0 Å². The summed E-state index contributed by atoms with van der Waals surface area (Å²) in [5.41, 5.74) is 6.86. The molecule has 2 aliphatic rings. The van der Waals surface area contributed by atoms with Gasteiger partial charge in [-0.2, -0.15) is 0 Å². The van der Waals surface area contributed by atoms with Crippen LogP contribution in [0.25, 0.3) is 11.3 Å². The molecule has 3 aromatic rings. The summed E-state index contributed by atoms with van der Waals surface area (Å²) in [6, 6.07) is 11.1. The van der Waals surface area contributed by atoms with E-state index in [9.17, 15) is 4.79 Å². The van der Waals surface area contributed by atoms with Gasteiger partial charge in [-0.1, -0.05) is 39.8 Å². The number of hydrogen-bond acceptors (Lipinski definition) is 3. The second-order valence-electron chi connectivity index (χ2n) is 11.4. The van der Waals surface area contributed by atoms with Crippen molar-refractivity contribution in [2.24, 2.45) is 0 Å². The fraction of sp³-hybridized carbons (Fsp3) is 0.483. The van der Waals surface area contributed by atoms with Crippen molar-refractivity contribution in [3.63, 3.8) is 0 Å². The smallest absolute Gasteiger partial charge is 0.0386 e. The second-order valence-corrected chi connectivity index (χ2v) is 12.3. The van der Waals surface area contributed by atoms with Crippen LogP contribution in [0.2, 0.25) is 0 Å². The molecule has 5 rings (SSSR count). The molecule has 1 fully saturated rings. The Morgan fingerprint density at radius 1 is 1.03 bits per heavy atom. The Bertz CT molecular complexity index is 1180. The summed E-state index contributed by atoms with van der Waals surface area (Å²) in [6.07, 6.45) is 4.95. The van der Waals surface area contributed by atoms with Gasteiger partial charge in [0.25, 0.3) is 0 Å². The number of rotatable bonds is 4. The van der Waals surface area contributed by atoms with Gasteiger partial charge in [-0.15, -0.1) is 0 Å². The van der Waals surface area contributed by atoms with Crippen LogP contribution in [0.4, 0.5) is 0 Å². The maximum atomic E-state index is 12.7. The molecule has 34 heavy (non-hydrogen) atoms. The van der Waals surface area contributed by atoms with Crippen LogP contribution in [0, 0.1) is 0 Å². The summed E-state index contributed by atoms with van der Waals surface area (Å²) < 4.78 is 0. The first-order chi connectivity index (χ1) is 16.2. The number of nitrogens with zero attached hydrogens (tertiary/aromatic N) is 2. The van der Waals surface area contributed by atoms with Gasteiger partial charge in [-0.3, -0.25) is 0 Å². The van der Waals surface area contributed by atoms with Crippen molar-refractivity contribution in [3.8, 4) is 11.3 Å². The summed E-state index contributed by atoms with van der Waals surface area (Å²) in [4.78, 5) is 19.9. The van der Waals surface area contributed by atoms with Gasteiger partial charge in [0.1, 0.15) is 0 Å². The molecule has 1 amide bonds. The molecule has 3 heterocycles. The number of amides is 1. The molecule has 0 saturated carbocycles. The van der Waals surface area contributed by atoms with Crippen LogP contribution >= 0.6 is 11.3 Å². The first-order valence-electron chi connectivity index (χ1n) is 12.7. The van der Waals surface area contributed by atoms with Crippen molar-refractivity contribution in [2.45, 2.75) is 76.5 Å². The SMILES string of the molecule is CC1(C)CCC(C)(C)c2cc(-c3csc(C4CCN(C(=O)Cc5ccbcc5)CC4)n3)ccc21. The van der Waals surface area contributed by atoms with E-state index in [0.29, 0.717) is 12.3 Å². The van der Waals surface area contributed by atoms with Crippen LogP contribution in [-0.2, 0) is 22.0 Å². The van der Waals surface area contributed by atoms with Gasteiger partial charge in [0.2, 0.25) is 0 Å². The van der Waals surface area contributed by atoms with E-state index in [1.54, 1.807) is 11.3 Å². The van der Waals surface area contributed by atoms with Crippen LogP contribution in [0.15, 0.2) is 47.6 Å². The summed E-state index contributed by atoms with van der Waals surface area (Å²) in [7, 11) is 0. The molecular weight excluding hydrogens is 435 g/mol. The standard InChI is InChI=1S/C29H35BN2OS/c1-28(2)11-12-29(3,4)24-18-22(5-6-23(24)28)25-19-34-27(31-25)21-9-15-32(16-10-21)26(33)17-20-7-13-30-14-8-20/h5-8,13-14,18-19,21H,9-12,15-17H2,1-4H3. The Hall–Kier alpha value is -2.27. The molecule has 0 unspecified atom stereocenters. The summed E-state index contributed by atoms with van der Waals surface area (Å²) in [5, 5.41) is 3.45. The minimum atomic E-state index is 0.207. The van der Waals surface area contributed by atoms with E-state index in [-0.39, 0.29) is 16.7 Å². The monoisotopic (exact) mass is 470 g/mol. The first kappa shape index (κ1) is 23.5. The molecule has 1 saturated heterocycles. The topological polar surface area (TPSA) is 33.2 Å². The van der Waals surface area contributed by atoms with Gasteiger partial charge < -0.3 is 0 Å². The molecule has 0 atom stereocenters. The second kappa shape index (κ2) is 9.07. The average molecular weight is 470 g/mol. The maximum Gasteiger partial charge on any atom is -0.0386 e. The van der Waals surface area contributed by atoms with E-state index in [4.69, 9.17) is 4.98 Å². The zero-order valence-corrected chi connectivity index (χ0v) is 21.8. The van der Waals surface area contributed by atoms with E-state index < -0.39 is 0 Å². The molecule has 2 aromatic heterocycles. The van der Waals surface area contributed by atoms with Crippen LogP contribution in [-0.4, -0.2) is 35.8 Å². The molecule has 0 radical (unpaired) electrons. The fourth-order valence-electron chi connectivity index (χ4n) is 5.61. The zero-order chi connectivity index (χ0) is 23.9. The Labute approximate surface area is 208 Å². The minimum Gasteiger partial charge on any atom is -0.0575 e. The normalized spacial score (nSPS) is 19.5. The van der Waals surface area contributed by atoms with Crippen molar-refractivity contribution in [1.29, 1.82) is 0 Å². The maximum absolute atomic E-state index is 12.7. The Kier molecular flexibility index (Phi) is 6.26. The molecule has 176 valence electrons. The van der Waals surface area contributed by atoms with Gasteiger partial charge in [-0.05, 0) is 40.9 Å². The predicted octanol–water partition coefficient (Wildman–Crippen LogP) is 6.45. The number of aromatic nitrogens is 1. The van der Waals surface area contributed by atoms with Gasteiger partial charge in [-0.25, -0.2) is 0 Å². The number of carbonyl (C=O) groups excluding carboxylic acids is 1. The van der Waals surface area contributed by atoms with Crippen molar-refractivity contribution < 1.29 is 4.79 Å². The van der Waals surface area contributed by atoms with Crippen LogP contribution in [0.1, 0.15) is 81.0 Å². The molecule has 0 bridgehead atoms. The van der Waals surface area contributed by atoms with Crippen LogP contribution in [0.5, 0.6) is 0 Å². The number of hydrogen-bond donors (Lipinski definition) is 0. The van der Waals surface area contributed by atoms with E-state index in [1.165, 1.54) is 34.5 Å². The molecule has 5 heteroatoms. The first-order valence-corrected chi connectivity index (χ1v) is 13.5. The Morgan fingerprint density at radius 3 is 2.41 bits per heavy atom. The average Bonchev–Trinajstić information content (AvgIpc) is 3.33. The fourth-order valence-corrected chi connectivity index (χ4v) is 6.61. The number of benzene rings is 1. The number of thiazole rings is 1. The minimum absolute atomic E-state index is 0.207. The zero-order valence-electron chi connectivity index (χ0n) is 20.9. The summed E-state index contributed by atoms with van der Waals surface area (Å²) in [6.45, 7) is 13.2. The third kappa shape index (κ3) is 4.64. The summed E-state index contributed by atoms with van der Waals surface area (Å²) in [5.74, 6) is 4.69. The molecule has 1 aromatic carbocycles. The summed E-state index contributed by atoms with van der Waals surface area (Å²) >= 11 is 1.79. The Morgan fingerprint density at radius 2 is 1.71 bits per heavy atom. The molecule has 1 aliphatic heterocycles. The third-order valence-electron chi connectivity index (χ3n) is 8.07.